The molecule has 0 fully saturated rings. The van der Waals surface area contributed by atoms with Crippen molar-refractivity contribution in [2.24, 2.45) is 10.7 Å². The summed E-state index contributed by atoms with van der Waals surface area (Å²) in [5.41, 5.74) is 7.58. The van der Waals surface area contributed by atoms with Crippen molar-refractivity contribution in [3.8, 4) is 0 Å². The molecule has 23 heavy (non-hydrogen) atoms. The van der Waals surface area contributed by atoms with Crippen LogP contribution in [0.15, 0.2) is 47.0 Å². The molecule has 0 amide bonds. The van der Waals surface area contributed by atoms with Gasteiger partial charge in [-0.2, -0.15) is 13.2 Å². The highest BCUT2D eigenvalue weighted by Crippen LogP contribution is 2.29. The molecule has 2 N–H and O–H groups in total. The predicted molar refractivity (Wildman–Crippen MR) is 87.4 cm³/mol. The van der Waals surface area contributed by atoms with Gasteiger partial charge in [-0.25, -0.2) is 0 Å². The van der Waals surface area contributed by atoms with E-state index in [0.29, 0.717) is 18.7 Å². The van der Waals surface area contributed by atoms with Crippen molar-refractivity contribution in [3.05, 3.63) is 53.1 Å². The number of benzene rings is 1. The zero-order valence-corrected chi connectivity index (χ0v) is 13.0. The molecular weight excluding hydrogens is 303 g/mol. The number of alkyl halides is 3. The summed E-state index contributed by atoms with van der Waals surface area (Å²) >= 11 is 0. The van der Waals surface area contributed by atoms with Gasteiger partial charge in [-0.05, 0) is 36.4 Å². The Balaban J connectivity index is 2.01. The highest BCUT2D eigenvalue weighted by molar-refractivity contribution is 6.12. The summed E-state index contributed by atoms with van der Waals surface area (Å²) < 4.78 is 37.6. The Morgan fingerprint density at radius 2 is 1.91 bits per heavy atom. The molecule has 1 aliphatic heterocycles. The van der Waals surface area contributed by atoms with E-state index in [1.807, 2.05) is 13.1 Å². The number of likely N-dealkylation sites (N-methyl/N-ethyl adjacent to an activating group) is 1. The Hall–Kier alpha value is -1.92. The van der Waals surface area contributed by atoms with Gasteiger partial charge in [0.1, 0.15) is 0 Å². The number of rotatable bonds is 6. The van der Waals surface area contributed by atoms with Gasteiger partial charge in [0.25, 0.3) is 0 Å². The molecule has 1 aromatic carbocycles. The lowest BCUT2D eigenvalue weighted by atomic mass is 10.1. The molecule has 0 unspecified atom stereocenters. The molecule has 0 aliphatic carbocycles. The largest absolute Gasteiger partial charge is 0.416 e. The smallest absolute Gasteiger partial charge is 0.329 e. The van der Waals surface area contributed by atoms with Gasteiger partial charge in [0.2, 0.25) is 0 Å². The number of hydrogen-bond donors (Lipinski definition) is 1. The lowest BCUT2D eigenvalue weighted by molar-refractivity contribution is -0.137. The summed E-state index contributed by atoms with van der Waals surface area (Å²) in [6.07, 6.45) is 1.37. The van der Waals surface area contributed by atoms with E-state index in [0.717, 1.165) is 36.5 Å². The Bertz CT molecular complexity index is 613. The molecule has 0 bridgehead atoms. The standard InChI is InChI=1S/C17H20F3N3/c1-23(11-9-21)12-14-8-10-22-16(14)7-4-13-2-5-15(6-3-13)17(18,19)20/h2-8H,9-12,21H2,1H3/b7-4+. The zero-order valence-electron chi connectivity index (χ0n) is 13.0. The fourth-order valence-electron chi connectivity index (χ4n) is 2.31. The first-order chi connectivity index (χ1) is 10.9. The average molecular weight is 323 g/mol. The molecular formula is C17H20F3N3. The normalized spacial score (nSPS) is 15.4. The topological polar surface area (TPSA) is 41.6 Å². The van der Waals surface area contributed by atoms with Gasteiger partial charge in [-0.3, -0.25) is 4.99 Å². The van der Waals surface area contributed by atoms with Gasteiger partial charge in [0, 0.05) is 19.6 Å². The molecule has 0 aromatic heterocycles. The van der Waals surface area contributed by atoms with Gasteiger partial charge in [0.05, 0.1) is 17.8 Å². The maximum absolute atomic E-state index is 12.5. The van der Waals surface area contributed by atoms with Crippen molar-refractivity contribution in [2.75, 3.05) is 33.2 Å². The Kier molecular flexibility index (Phi) is 5.74. The minimum atomic E-state index is -4.30. The molecule has 124 valence electrons. The molecule has 2 rings (SSSR count). The third-order valence-electron chi connectivity index (χ3n) is 3.55. The number of allylic oxidation sites excluding steroid dienone is 1. The monoisotopic (exact) mass is 323 g/mol. The van der Waals surface area contributed by atoms with Crippen LogP contribution < -0.4 is 5.73 Å². The van der Waals surface area contributed by atoms with Crippen LogP contribution in [0.2, 0.25) is 0 Å². The van der Waals surface area contributed by atoms with Gasteiger partial charge in [0.15, 0.2) is 0 Å². The Labute approximate surface area is 134 Å². The van der Waals surface area contributed by atoms with Crippen LogP contribution in [0.3, 0.4) is 0 Å². The molecule has 1 heterocycles. The lowest BCUT2D eigenvalue weighted by Crippen LogP contribution is -2.28. The van der Waals surface area contributed by atoms with Crippen molar-refractivity contribution in [2.45, 2.75) is 6.18 Å². The first-order valence-electron chi connectivity index (χ1n) is 7.38. The van der Waals surface area contributed by atoms with E-state index >= 15 is 0 Å². The van der Waals surface area contributed by atoms with Gasteiger partial charge in [-0.15, -0.1) is 0 Å². The fraction of sp³-hybridized carbons (Fsp3) is 0.353. The average Bonchev–Trinajstić information content (AvgIpc) is 2.92. The number of nitrogens with two attached hydrogens (primary N) is 1. The first-order valence-corrected chi connectivity index (χ1v) is 7.38. The Morgan fingerprint density at radius 1 is 1.22 bits per heavy atom. The van der Waals surface area contributed by atoms with Crippen molar-refractivity contribution < 1.29 is 13.2 Å². The summed E-state index contributed by atoms with van der Waals surface area (Å²) in [6, 6.07) is 5.08. The van der Waals surface area contributed by atoms with E-state index < -0.39 is 11.7 Å². The van der Waals surface area contributed by atoms with E-state index in [1.165, 1.54) is 12.1 Å². The van der Waals surface area contributed by atoms with Crippen LogP contribution >= 0.6 is 0 Å². The second-order valence-corrected chi connectivity index (χ2v) is 5.43. The SMILES string of the molecule is CN(CCN)CC1=CCN=C1/C=C/c1ccc(C(F)(F)F)cc1. The Morgan fingerprint density at radius 3 is 2.52 bits per heavy atom. The van der Waals surface area contributed by atoms with Gasteiger partial charge in [-0.1, -0.05) is 24.3 Å². The molecule has 1 aromatic rings. The van der Waals surface area contributed by atoms with Crippen LogP contribution in [-0.4, -0.2) is 43.8 Å². The van der Waals surface area contributed by atoms with Gasteiger partial charge < -0.3 is 10.6 Å². The molecule has 0 saturated carbocycles. The second kappa shape index (κ2) is 7.57. The molecule has 0 saturated heterocycles. The van der Waals surface area contributed by atoms with Crippen molar-refractivity contribution in [1.82, 2.24) is 4.90 Å². The second-order valence-electron chi connectivity index (χ2n) is 5.43. The van der Waals surface area contributed by atoms with E-state index in [9.17, 15) is 13.2 Å². The summed E-state index contributed by atoms with van der Waals surface area (Å²) in [7, 11) is 1.99. The molecule has 0 atom stereocenters. The molecule has 6 heteroatoms. The van der Waals surface area contributed by atoms with Crippen LogP contribution in [0.4, 0.5) is 13.2 Å². The molecule has 0 spiro atoms. The van der Waals surface area contributed by atoms with Crippen LogP contribution in [-0.2, 0) is 6.18 Å². The van der Waals surface area contributed by atoms with E-state index in [2.05, 4.69) is 16.0 Å². The molecule has 1 aliphatic rings. The third-order valence-corrected chi connectivity index (χ3v) is 3.55. The fourth-order valence-corrected chi connectivity index (χ4v) is 2.31. The highest BCUT2D eigenvalue weighted by Gasteiger charge is 2.29. The third kappa shape index (κ3) is 5.04. The number of aliphatic imine (C=N–C) groups is 1. The number of halogens is 3. The number of nitrogens with zero attached hydrogens (tertiary/aromatic N) is 2. The van der Waals surface area contributed by atoms with Crippen molar-refractivity contribution >= 4 is 11.8 Å². The molecule has 0 radical (unpaired) electrons. The minimum Gasteiger partial charge on any atom is -0.329 e. The predicted octanol–water partition coefficient (Wildman–Crippen LogP) is 2.99. The maximum Gasteiger partial charge on any atom is 0.416 e. The quantitative estimate of drug-likeness (QED) is 0.874. The first kappa shape index (κ1) is 17.4. The maximum atomic E-state index is 12.5. The van der Waals surface area contributed by atoms with Crippen molar-refractivity contribution in [1.29, 1.82) is 0 Å². The number of hydrogen-bond acceptors (Lipinski definition) is 3. The highest BCUT2D eigenvalue weighted by atomic mass is 19.4. The molecule has 3 nitrogen and oxygen atoms in total. The van der Waals surface area contributed by atoms with Gasteiger partial charge >= 0.3 is 6.18 Å². The van der Waals surface area contributed by atoms with Crippen LogP contribution in [0.25, 0.3) is 6.08 Å². The summed E-state index contributed by atoms with van der Waals surface area (Å²) in [5, 5.41) is 0. The lowest BCUT2D eigenvalue weighted by Gasteiger charge is -2.16. The van der Waals surface area contributed by atoms with Crippen molar-refractivity contribution in [3.63, 3.8) is 0 Å². The minimum absolute atomic E-state index is 0.595. The van der Waals surface area contributed by atoms with Crippen LogP contribution in [0, 0.1) is 0 Å². The summed E-state index contributed by atoms with van der Waals surface area (Å²) in [5.74, 6) is 0. The van der Waals surface area contributed by atoms with E-state index in [-0.39, 0.29) is 0 Å². The summed E-state index contributed by atoms with van der Waals surface area (Å²) in [4.78, 5) is 6.51. The zero-order chi connectivity index (χ0) is 16.9. The van der Waals surface area contributed by atoms with E-state index in [4.69, 9.17) is 5.73 Å². The van der Waals surface area contributed by atoms with Crippen LogP contribution in [0.1, 0.15) is 11.1 Å². The van der Waals surface area contributed by atoms with E-state index in [1.54, 1.807) is 6.08 Å². The summed E-state index contributed by atoms with van der Waals surface area (Å²) in [6.45, 7) is 2.79. The van der Waals surface area contributed by atoms with Crippen LogP contribution in [0.5, 0.6) is 0 Å².